The monoisotopic (exact) mass is 469 g/mol. The average molecular weight is 470 g/mol. The Morgan fingerprint density at radius 1 is 0.758 bits per heavy atom. The first kappa shape index (κ1) is 21.6. The fourth-order valence-electron chi connectivity index (χ4n) is 3.59. The summed E-state index contributed by atoms with van der Waals surface area (Å²) in [5.41, 5.74) is 5.37. The predicted molar refractivity (Wildman–Crippen MR) is 136 cm³/mol. The average Bonchev–Trinajstić information content (AvgIpc) is 3.24. The number of aromatic amines is 1. The Morgan fingerprint density at radius 2 is 1.42 bits per heavy atom. The van der Waals surface area contributed by atoms with Gasteiger partial charge in [-0.25, -0.2) is 9.97 Å². The first-order valence-corrected chi connectivity index (χ1v) is 12.2. The van der Waals surface area contributed by atoms with Gasteiger partial charge in [-0.1, -0.05) is 47.2 Å². The molecule has 0 radical (unpaired) electrons. The molecule has 33 heavy (non-hydrogen) atoms. The fraction of sp³-hybridized carbons (Fsp3) is 0.111. The number of hydrogen-bond donors (Lipinski definition) is 1. The zero-order valence-electron chi connectivity index (χ0n) is 18.6. The van der Waals surface area contributed by atoms with Crippen molar-refractivity contribution in [2.45, 2.75) is 33.8 Å². The lowest BCUT2D eigenvalue weighted by atomic mass is 10.1. The van der Waals surface area contributed by atoms with E-state index >= 15 is 0 Å². The van der Waals surface area contributed by atoms with Gasteiger partial charge in [0.15, 0.2) is 5.16 Å². The summed E-state index contributed by atoms with van der Waals surface area (Å²) in [6, 6.07) is 27.1. The van der Waals surface area contributed by atoms with Crippen LogP contribution in [0.1, 0.15) is 11.1 Å². The van der Waals surface area contributed by atoms with Crippen molar-refractivity contribution in [3.8, 4) is 17.0 Å². The van der Waals surface area contributed by atoms with Crippen molar-refractivity contribution < 1.29 is 4.74 Å². The van der Waals surface area contributed by atoms with E-state index in [1.807, 2.05) is 24.3 Å². The minimum absolute atomic E-state index is 0.728. The van der Waals surface area contributed by atoms with Crippen LogP contribution in [0.3, 0.4) is 0 Å². The second-order valence-corrected chi connectivity index (χ2v) is 9.93. The molecule has 0 aliphatic heterocycles. The van der Waals surface area contributed by atoms with Gasteiger partial charge >= 0.3 is 0 Å². The SMILES string of the molecule is COc1ccc(-c2cc3c(Sc4cccc(C)c4)nc(Sc4cccc(C)c4)nc3[nH]2)cc1. The molecule has 0 aliphatic rings. The minimum Gasteiger partial charge on any atom is -0.497 e. The first-order chi connectivity index (χ1) is 16.1. The van der Waals surface area contributed by atoms with Gasteiger partial charge in [0.1, 0.15) is 16.4 Å². The highest BCUT2D eigenvalue weighted by Crippen LogP contribution is 2.37. The van der Waals surface area contributed by atoms with E-state index in [1.54, 1.807) is 30.6 Å². The van der Waals surface area contributed by atoms with Gasteiger partial charge in [0, 0.05) is 15.5 Å². The van der Waals surface area contributed by atoms with Crippen LogP contribution in [-0.2, 0) is 0 Å². The van der Waals surface area contributed by atoms with Crippen molar-refractivity contribution in [3.63, 3.8) is 0 Å². The maximum absolute atomic E-state index is 5.30. The van der Waals surface area contributed by atoms with E-state index in [-0.39, 0.29) is 0 Å². The maximum Gasteiger partial charge on any atom is 0.195 e. The van der Waals surface area contributed by atoms with Gasteiger partial charge in [0.05, 0.1) is 12.5 Å². The van der Waals surface area contributed by atoms with Crippen molar-refractivity contribution in [2.24, 2.45) is 0 Å². The molecule has 2 heterocycles. The van der Waals surface area contributed by atoms with Crippen molar-refractivity contribution in [1.29, 1.82) is 0 Å². The number of methoxy groups -OCH3 is 1. The molecule has 5 aromatic rings. The molecule has 0 spiro atoms. The van der Waals surface area contributed by atoms with Crippen molar-refractivity contribution >= 4 is 34.6 Å². The summed E-state index contributed by atoms with van der Waals surface area (Å²) in [7, 11) is 1.68. The van der Waals surface area contributed by atoms with E-state index in [0.29, 0.717) is 0 Å². The number of nitrogens with zero attached hydrogens (tertiary/aromatic N) is 2. The highest BCUT2D eigenvalue weighted by Gasteiger charge is 2.15. The molecule has 164 valence electrons. The normalized spacial score (nSPS) is 11.1. The van der Waals surface area contributed by atoms with Gasteiger partial charge in [-0.15, -0.1) is 0 Å². The van der Waals surface area contributed by atoms with Crippen molar-refractivity contribution in [1.82, 2.24) is 15.0 Å². The molecular formula is C27H23N3OS2. The van der Waals surface area contributed by atoms with E-state index < -0.39 is 0 Å². The van der Waals surface area contributed by atoms with Crippen LogP contribution in [0, 0.1) is 13.8 Å². The van der Waals surface area contributed by atoms with Crippen LogP contribution >= 0.6 is 23.5 Å². The largest absolute Gasteiger partial charge is 0.497 e. The van der Waals surface area contributed by atoms with E-state index in [9.17, 15) is 0 Å². The van der Waals surface area contributed by atoms with Crippen LogP contribution in [0.15, 0.2) is 98.8 Å². The standard InChI is InChI=1S/C27H23N3OS2/c1-17-6-4-8-21(14-17)32-26-23-16-24(19-10-12-20(31-3)13-11-19)28-25(23)29-27(30-26)33-22-9-5-7-18(2)15-22/h4-16H,1-3H3,(H,28,29,30). The summed E-state index contributed by atoms with van der Waals surface area (Å²) < 4.78 is 5.30. The first-order valence-electron chi connectivity index (χ1n) is 10.6. The number of hydrogen-bond acceptors (Lipinski definition) is 5. The molecule has 0 unspecified atom stereocenters. The van der Waals surface area contributed by atoms with Gasteiger partial charge in [0.25, 0.3) is 0 Å². The third kappa shape index (κ3) is 4.92. The summed E-state index contributed by atoms with van der Waals surface area (Å²) in [6.07, 6.45) is 0. The fourth-order valence-corrected chi connectivity index (χ4v) is 5.53. The number of rotatable bonds is 6. The zero-order chi connectivity index (χ0) is 22.8. The molecule has 2 aromatic heterocycles. The van der Waals surface area contributed by atoms with Crippen LogP contribution < -0.4 is 4.74 Å². The molecule has 0 atom stereocenters. The van der Waals surface area contributed by atoms with E-state index in [0.717, 1.165) is 48.0 Å². The van der Waals surface area contributed by atoms with Crippen LogP contribution in [0.5, 0.6) is 5.75 Å². The Balaban J connectivity index is 1.59. The molecule has 6 heteroatoms. The smallest absolute Gasteiger partial charge is 0.195 e. The molecule has 0 saturated heterocycles. The molecular weight excluding hydrogens is 446 g/mol. The summed E-state index contributed by atoms with van der Waals surface area (Å²) in [5.74, 6) is 0.835. The molecule has 4 nitrogen and oxygen atoms in total. The highest BCUT2D eigenvalue weighted by atomic mass is 32.2. The predicted octanol–water partition coefficient (Wildman–Crippen LogP) is 7.55. The Bertz CT molecular complexity index is 1430. The van der Waals surface area contributed by atoms with Crippen LogP contribution in [0.4, 0.5) is 0 Å². The lowest BCUT2D eigenvalue weighted by molar-refractivity contribution is 0.415. The molecule has 3 aromatic carbocycles. The molecule has 0 aliphatic carbocycles. The highest BCUT2D eigenvalue weighted by molar-refractivity contribution is 8.00. The lowest BCUT2D eigenvalue weighted by Gasteiger charge is -2.07. The number of nitrogens with one attached hydrogen (secondary N) is 1. The summed E-state index contributed by atoms with van der Waals surface area (Å²) in [5, 5.41) is 2.68. The van der Waals surface area contributed by atoms with Gasteiger partial charge in [-0.05, 0) is 85.8 Å². The minimum atomic E-state index is 0.728. The van der Waals surface area contributed by atoms with Crippen molar-refractivity contribution in [3.05, 3.63) is 90.0 Å². The summed E-state index contributed by atoms with van der Waals surface area (Å²) >= 11 is 3.25. The Morgan fingerprint density at radius 3 is 2.06 bits per heavy atom. The molecule has 0 fully saturated rings. The third-order valence-electron chi connectivity index (χ3n) is 5.24. The molecule has 5 rings (SSSR count). The van der Waals surface area contributed by atoms with Gasteiger partial charge < -0.3 is 9.72 Å². The summed E-state index contributed by atoms with van der Waals surface area (Å²) in [6.45, 7) is 4.20. The number of benzene rings is 3. The Hall–Kier alpha value is -3.22. The maximum atomic E-state index is 5.30. The summed E-state index contributed by atoms with van der Waals surface area (Å²) in [4.78, 5) is 15.6. The van der Waals surface area contributed by atoms with Crippen LogP contribution in [0.2, 0.25) is 0 Å². The third-order valence-corrected chi connectivity index (χ3v) is 7.08. The Kier molecular flexibility index (Phi) is 6.11. The molecule has 1 N–H and O–H groups in total. The number of aromatic nitrogens is 3. The van der Waals surface area contributed by atoms with Gasteiger partial charge in [0.2, 0.25) is 0 Å². The van der Waals surface area contributed by atoms with E-state index in [1.165, 1.54) is 11.1 Å². The second-order valence-electron chi connectivity index (χ2n) is 7.82. The lowest BCUT2D eigenvalue weighted by Crippen LogP contribution is -1.91. The molecule has 0 bridgehead atoms. The number of ether oxygens (including phenoxy) is 1. The molecule has 0 amide bonds. The zero-order valence-corrected chi connectivity index (χ0v) is 20.3. The molecule has 0 saturated carbocycles. The number of H-pyrrole nitrogens is 1. The van der Waals surface area contributed by atoms with Crippen LogP contribution in [0.25, 0.3) is 22.3 Å². The quantitative estimate of drug-likeness (QED) is 0.205. The second kappa shape index (κ2) is 9.33. The van der Waals surface area contributed by atoms with Crippen LogP contribution in [-0.4, -0.2) is 22.1 Å². The topological polar surface area (TPSA) is 50.8 Å². The van der Waals surface area contributed by atoms with E-state index in [4.69, 9.17) is 14.7 Å². The van der Waals surface area contributed by atoms with Gasteiger partial charge in [-0.3, -0.25) is 0 Å². The number of fused-ring (bicyclic) bond motifs is 1. The number of aryl methyl sites for hydroxylation is 2. The Labute approximate surface area is 201 Å². The van der Waals surface area contributed by atoms with Crippen molar-refractivity contribution in [2.75, 3.05) is 7.11 Å². The van der Waals surface area contributed by atoms with E-state index in [2.05, 4.69) is 73.4 Å². The van der Waals surface area contributed by atoms with Gasteiger partial charge in [-0.2, -0.15) is 0 Å².